The molecule has 0 aliphatic heterocycles. The lowest BCUT2D eigenvalue weighted by Crippen LogP contribution is -2.31. The number of carbonyl (C=O) groups is 2. The lowest BCUT2D eigenvalue weighted by molar-refractivity contribution is -0.142. The van der Waals surface area contributed by atoms with Gasteiger partial charge >= 0.3 is 5.97 Å². The summed E-state index contributed by atoms with van der Waals surface area (Å²) >= 11 is 0. The van der Waals surface area contributed by atoms with E-state index in [0.717, 1.165) is 36.2 Å². The van der Waals surface area contributed by atoms with Crippen molar-refractivity contribution in [2.75, 3.05) is 7.11 Å². The number of aryl methyl sites for hydroxylation is 2. The third kappa shape index (κ3) is 3.95. The first-order valence-corrected chi connectivity index (χ1v) is 8.99. The van der Waals surface area contributed by atoms with Crippen LogP contribution in [0.25, 0.3) is 5.69 Å². The number of carbonyl (C=O) groups excluding carboxylic acids is 2. The van der Waals surface area contributed by atoms with Crippen molar-refractivity contribution in [3.8, 4) is 5.69 Å². The molecule has 138 valence electrons. The highest BCUT2D eigenvalue weighted by atomic mass is 16.5. The van der Waals surface area contributed by atoms with Crippen LogP contribution in [0.4, 0.5) is 0 Å². The smallest absolute Gasteiger partial charge is 0.306 e. The zero-order valence-electron chi connectivity index (χ0n) is 15.5. The predicted octanol–water partition coefficient (Wildman–Crippen LogP) is 2.94. The minimum Gasteiger partial charge on any atom is -0.469 e. The van der Waals surface area contributed by atoms with Gasteiger partial charge in [0.05, 0.1) is 31.5 Å². The predicted molar refractivity (Wildman–Crippen MR) is 98.1 cm³/mol. The van der Waals surface area contributed by atoms with Gasteiger partial charge in [-0.05, 0) is 56.4 Å². The van der Waals surface area contributed by atoms with Crippen LogP contribution in [0, 0.1) is 13.8 Å². The summed E-state index contributed by atoms with van der Waals surface area (Å²) < 4.78 is 6.57. The van der Waals surface area contributed by atoms with Crippen molar-refractivity contribution in [1.29, 1.82) is 0 Å². The summed E-state index contributed by atoms with van der Waals surface area (Å²) in [5, 5.41) is 7.63. The van der Waals surface area contributed by atoms with E-state index in [1.165, 1.54) is 18.2 Å². The average Bonchev–Trinajstić information content (AvgIpc) is 3.04. The van der Waals surface area contributed by atoms with E-state index in [1.54, 1.807) is 0 Å². The average molecular weight is 355 g/mol. The second kappa shape index (κ2) is 7.72. The Bertz CT molecular complexity index is 805. The molecule has 1 unspecified atom stereocenters. The van der Waals surface area contributed by atoms with E-state index in [1.807, 2.05) is 10.9 Å². The summed E-state index contributed by atoms with van der Waals surface area (Å²) in [6.45, 7) is 4.16. The second-order valence-electron chi connectivity index (χ2n) is 6.89. The second-order valence-corrected chi connectivity index (χ2v) is 6.89. The normalized spacial score (nSPS) is 16.0. The third-order valence-electron chi connectivity index (χ3n) is 4.75. The van der Waals surface area contributed by atoms with Crippen LogP contribution in [0.2, 0.25) is 0 Å². The molecule has 1 aromatic heterocycles. The number of rotatable bonds is 5. The van der Waals surface area contributed by atoms with Gasteiger partial charge in [0.2, 0.25) is 5.91 Å². The molecule has 6 heteroatoms. The molecule has 1 N–H and O–H groups in total. The van der Waals surface area contributed by atoms with Gasteiger partial charge < -0.3 is 10.1 Å². The Balaban J connectivity index is 1.78. The Hall–Kier alpha value is -2.63. The van der Waals surface area contributed by atoms with Crippen LogP contribution in [0.3, 0.4) is 0 Å². The minimum absolute atomic E-state index is 0.0523. The molecule has 0 saturated carbocycles. The molecule has 0 bridgehead atoms. The highest BCUT2D eigenvalue weighted by molar-refractivity contribution is 5.81. The summed E-state index contributed by atoms with van der Waals surface area (Å²) in [6.07, 6.45) is 4.92. The molecule has 0 radical (unpaired) electrons. The Labute approximate surface area is 153 Å². The van der Waals surface area contributed by atoms with Gasteiger partial charge in [-0.25, -0.2) is 4.68 Å². The number of hydrogen-bond acceptors (Lipinski definition) is 4. The van der Waals surface area contributed by atoms with Crippen molar-refractivity contribution in [2.24, 2.45) is 0 Å². The molecule has 6 nitrogen and oxygen atoms in total. The number of hydrogen-bond donors (Lipinski definition) is 1. The molecule has 1 aromatic carbocycles. The van der Waals surface area contributed by atoms with E-state index >= 15 is 0 Å². The summed E-state index contributed by atoms with van der Waals surface area (Å²) in [6, 6.07) is 6.34. The number of esters is 1. The van der Waals surface area contributed by atoms with Crippen molar-refractivity contribution >= 4 is 11.9 Å². The largest absolute Gasteiger partial charge is 0.469 e. The van der Waals surface area contributed by atoms with E-state index < -0.39 is 0 Å². The molecular formula is C20H25N3O3. The fourth-order valence-electron chi connectivity index (χ4n) is 3.59. The van der Waals surface area contributed by atoms with Gasteiger partial charge in [0.15, 0.2) is 0 Å². The van der Waals surface area contributed by atoms with Gasteiger partial charge in [0.1, 0.15) is 0 Å². The first-order chi connectivity index (χ1) is 12.5. The highest BCUT2D eigenvalue weighted by Gasteiger charge is 2.26. The van der Waals surface area contributed by atoms with E-state index in [0.29, 0.717) is 0 Å². The van der Waals surface area contributed by atoms with Gasteiger partial charge in [-0.3, -0.25) is 9.59 Å². The summed E-state index contributed by atoms with van der Waals surface area (Å²) in [5.41, 5.74) is 5.68. The molecule has 1 amide bonds. The van der Waals surface area contributed by atoms with Crippen LogP contribution in [-0.4, -0.2) is 28.8 Å². The summed E-state index contributed by atoms with van der Waals surface area (Å²) in [4.78, 5) is 23.4. The van der Waals surface area contributed by atoms with Crippen LogP contribution in [-0.2, 0) is 20.7 Å². The van der Waals surface area contributed by atoms with Crippen molar-refractivity contribution in [3.05, 3.63) is 46.8 Å². The monoisotopic (exact) mass is 355 g/mol. The van der Waals surface area contributed by atoms with E-state index in [4.69, 9.17) is 0 Å². The zero-order valence-corrected chi connectivity index (χ0v) is 15.5. The molecule has 2 aromatic rings. The topological polar surface area (TPSA) is 73.2 Å². The Kier molecular flexibility index (Phi) is 5.40. The van der Waals surface area contributed by atoms with Crippen LogP contribution in [0.1, 0.15) is 54.1 Å². The number of nitrogens with zero attached hydrogens (tertiary/aromatic N) is 2. The molecule has 1 atom stereocenters. The fraction of sp³-hybridized carbons (Fsp3) is 0.450. The molecular weight excluding hydrogens is 330 g/mol. The number of ether oxygens (including phenoxy) is 1. The molecule has 26 heavy (non-hydrogen) atoms. The van der Waals surface area contributed by atoms with Crippen molar-refractivity contribution in [1.82, 2.24) is 15.1 Å². The number of fused-ring (bicyclic) bond motifs is 1. The van der Waals surface area contributed by atoms with Crippen molar-refractivity contribution < 1.29 is 14.3 Å². The summed E-state index contributed by atoms with van der Waals surface area (Å²) in [7, 11) is 1.33. The first kappa shape index (κ1) is 18.2. The quantitative estimate of drug-likeness (QED) is 0.837. The minimum atomic E-state index is -0.368. The Morgan fingerprint density at radius 2 is 1.96 bits per heavy atom. The third-order valence-corrected chi connectivity index (χ3v) is 4.75. The van der Waals surface area contributed by atoms with E-state index in [-0.39, 0.29) is 30.8 Å². The van der Waals surface area contributed by atoms with Gasteiger partial charge in [0, 0.05) is 17.7 Å². The van der Waals surface area contributed by atoms with Gasteiger partial charge in [-0.2, -0.15) is 5.10 Å². The molecule has 3 rings (SSSR count). The van der Waals surface area contributed by atoms with Crippen molar-refractivity contribution in [3.63, 3.8) is 0 Å². The fourth-order valence-corrected chi connectivity index (χ4v) is 3.59. The van der Waals surface area contributed by atoms with Crippen LogP contribution in [0.15, 0.2) is 24.4 Å². The number of nitrogens with one attached hydrogen (secondary N) is 1. The standard InChI is InChI=1S/C20H25N3O3/c1-13-9-14(2)11-15(10-13)23-18-6-4-5-17(16(18)12-21-23)22-19(24)7-8-20(25)26-3/h9-12,17H,4-8H2,1-3H3,(H,22,24). The van der Waals surface area contributed by atoms with Crippen molar-refractivity contribution in [2.45, 2.75) is 52.0 Å². The lowest BCUT2D eigenvalue weighted by atomic mass is 9.92. The van der Waals surface area contributed by atoms with Crippen LogP contribution in [0.5, 0.6) is 0 Å². The maximum Gasteiger partial charge on any atom is 0.306 e. The zero-order chi connectivity index (χ0) is 18.7. The number of amides is 1. The molecule has 1 aliphatic carbocycles. The Morgan fingerprint density at radius 1 is 1.23 bits per heavy atom. The number of aromatic nitrogens is 2. The van der Waals surface area contributed by atoms with Gasteiger partial charge in [-0.15, -0.1) is 0 Å². The highest BCUT2D eigenvalue weighted by Crippen LogP contribution is 2.31. The van der Waals surface area contributed by atoms with E-state index in [9.17, 15) is 9.59 Å². The van der Waals surface area contributed by atoms with E-state index in [2.05, 4.69) is 47.2 Å². The molecule has 1 aliphatic rings. The molecule has 0 saturated heterocycles. The Morgan fingerprint density at radius 3 is 2.65 bits per heavy atom. The molecule has 0 spiro atoms. The lowest BCUT2D eigenvalue weighted by Gasteiger charge is -2.24. The maximum absolute atomic E-state index is 12.2. The van der Waals surface area contributed by atoms with Crippen LogP contribution < -0.4 is 5.32 Å². The SMILES string of the molecule is COC(=O)CCC(=O)NC1CCCc2c1cnn2-c1cc(C)cc(C)c1. The molecule has 1 heterocycles. The summed E-state index contributed by atoms with van der Waals surface area (Å²) in [5.74, 6) is -0.500. The van der Waals surface area contributed by atoms with Crippen LogP contribution >= 0.6 is 0 Å². The maximum atomic E-state index is 12.2. The number of methoxy groups -OCH3 is 1. The van der Waals surface area contributed by atoms with Gasteiger partial charge in [0.25, 0.3) is 0 Å². The first-order valence-electron chi connectivity index (χ1n) is 8.99. The van der Waals surface area contributed by atoms with Gasteiger partial charge in [-0.1, -0.05) is 6.07 Å². The number of benzene rings is 1. The molecule has 0 fully saturated rings.